The zero-order chi connectivity index (χ0) is 23.2. The Balaban J connectivity index is 1.57. The molecule has 0 saturated heterocycles. The molecule has 0 bridgehead atoms. The number of hydrogen-bond donors (Lipinski definition) is 0. The molecule has 0 saturated carbocycles. The third-order valence-electron chi connectivity index (χ3n) is 6.39. The Morgan fingerprint density at radius 3 is 2.41 bits per heavy atom. The summed E-state index contributed by atoms with van der Waals surface area (Å²) in [6.07, 6.45) is 7.89. The standard InChI is InChI=1S/C31H22BrNO/c1-3-4-5-9-20(2)33-27-12-7-6-10-23(27)24-18-21(14-16-28(24)33)22-15-17-29-25(19-22)31-26(32)11-8-13-30(31)34-29/h3-19H,1H2,2H3/b5-4-,20-9+. The fraction of sp³-hybridized carbons (Fsp3) is 0.0323. The number of allylic oxidation sites excluding steroid dienone is 5. The predicted molar refractivity (Wildman–Crippen MR) is 149 cm³/mol. The van der Waals surface area contributed by atoms with Crippen LogP contribution in [-0.2, 0) is 0 Å². The minimum absolute atomic E-state index is 0.896. The molecule has 2 aromatic heterocycles. The van der Waals surface area contributed by atoms with E-state index in [9.17, 15) is 0 Å². The summed E-state index contributed by atoms with van der Waals surface area (Å²) in [4.78, 5) is 0. The molecule has 0 aliphatic carbocycles. The summed E-state index contributed by atoms with van der Waals surface area (Å²) >= 11 is 3.70. The lowest BCUT2D eigenvalue weighted by molar-refractivity contribution is 0.669. The Morgan fingerprint density at radius 2 is 1.56 bits per heavy atom. The van der Waals surface area contributed by atoms with Crippen molar-refractivity contribution in [2.75, 3.05) is 0 Å². The van der Waals surface area contributed by atoms with E-state index < -0.39 is 0 Å². The molecule has 0 aliphatic rings. The van der Waals surface area contributed by atoms with Crippen LogP contribution in [0, 0.1) is 0 Å². The lowest BCUT2D eigenvalue weighted by Crippen LogP contribution is -1.92. The largest absolute Gasteiger partial charge is 0.456 e. The highest BCUT2D eigenvalue weighted by atomic mass is 79.9. The highest BCUT2D eigenvalue weighted by Gasteiger charge is 2.14. The molecule has 0 amide bonds. The molecule has 0 fully saturated rings. The first-order valence-corrected chi connectivity index (χ1v) is 12.1. The number of halogens is 1. The Hall–Kier alpha value is -3.82. The number of hydrogen-bond acceptors (Lipinski definition) is 1. The van der Waals surface area contributed by atoms with E-state index >= 15 is 0 Å². The van der Waals surface area contributed by atoms with E-state index in [1.807, 2.05) is 24.3 Å². The third-order valence-corrected chi connectivity index (χ3v) is 7.05. The van der Waals surface area contributed by atoms with Crippen LogP contribution in [0.3, 0.4) is 0 Å². The number of para-hydroxylation sites is 1. The van der Waals surface area contributed by atoms with Crippen LogP contribution in [0.1, 0.15) is 6.92 Å². The molecule has 0 radical (unpaired) electrons. The van der Waals surface area contributed by atoms with Crippen molar-refractivity contribution in [2.24, 2.45) is 0 Å². The van der Waals surface area contributed by atoms with Crippen LogP contribution < -0.4 is 0 Å². The highest BCUT2D eigenvalue weighted by molar-refractivity contribution is 9.10. The first kappa shape index (κ1) is 20.8. The SMILES string of the molecule is C=C/C=C\C=C(/C)n1c2ccccc2c2cc(-c3ccc4oc5cccc(Br)c5c4c3)ccc21. The molecular weight excluding hydrogens is 482 g/mol. The van der Waals surface area contributed by atoms with Crippen molar-refractivity contribution in [3.8, 4) is 11.1 Å². The molecule has 2 heterocycles. The van der Waals surface area contributed by atoms with Crippen molar-refractivity contribution in [1.29, 1.82) is 0 Å². The van der Waals surface area contributed by atoms with Crippen LogP contribution in [0.2, 0.25) is 0 Å². The van der Waals surface area contributed by atoms with Gasteiger partial charge in [-0.15, -0.1) is 0 Å². The Bertz CT molecular complexity index is 1800. The van der Waals surface area contributed by atoms with E-state index in [-0.39, 0.29) is 0 Å². The van der Waals surface area contributed by atoms with Crippen LogP contribution in [-0.4, -0.2) is 4.57 Å². The van der Waals surface area contributed by atoms with E-state index in [2.05, 4.69) is 107 Å². The van der Waals surface area contributed by atoms with Crippen LogP contribution in [0.25, 0.3) is 60.6 Å². The predicted octanol–water partition coefficient (Wildman–Crippen LogP) is 9.73. The number of fused-ring (bicyclic) bond motifs is 6. The fourth-order valence-corrected chi connectivity index (χ4v) is 5.41. The van der Waals surface area contributed by atoms with E-state index in [1.54, 1.807) is 6.08 Å². The van der Waals surface area contributed by atoms with Gasteiger partial charge < -0.3 is 8.98 Å². The van der Waals surface area contributed by atoms with Gasteiger partial charge in [-0.3, -0.25) is 0 Å². The fourth-order valence-electron chi connectivity index (χ4n) is 4.84. The number of aromatic nitrogens is 1. The monoisotopic (exact) mass is 503 g/mol. The van der Waals surface area contributed by atoms with E-state index in [1.165, 1.54) is 32.9 Å². The van der Waals surface area contributed by atoms with E-state index in [0.29, 0.717) is 0 Å². The molecule has 0 aliphatic heterocycles. The summed E-state index contributed by atoms with van der Waals surface area (Å²) in [5, 5.41) is 4.73. The van der Waals surface area contributed by atoms with Gasteiger partial charge in [0.2, 0.25) is 0 Å². The highest BCUT2D eigenvalue weighted by Crippen LogP contribution is 2.38. The molecule has 0 unspecified atom stereocenters. The maximum Gasteiger partial charge on any atom is 0.136 e. The summed E-state index contributed by atoms with van der Waals surface area (Å²) < 4.78 is 9.44. The van der Waals surface area contributed by atoms with Crippen LogP contribution >= 0.6 is 15.9 Å². The zero-order valence-corrected chi connectivity index (χ0v) is 20.3. The number of benzene rings is 4. The van der Waals surface area contributed by atoms with Gasteiger partial charge in [-0.05, 0) is 66.6 Å². The summed E-state index contributed by atoms with van der Waals surface area (Å²) in [7, 11) is 0. The van der Waals surface area contributed by atoms with Gasteiger partial charge in [-0.25, -0.2) is 0 Å². The quantitative estimate of drug-likeness (QED) is 0.219. The van der Waals surface area contributed by atoms with Gasteiger partial charge in [-0.1, -0.05) is 77.1 Å². The minimum Gasteiger partial charge on any atom is -0.456 e. The second-order valence-electron chi connectivity index (χ2n) is 8.44. The van der Waals surface area contributed by atoms with Crippen molar-refractivity contribution in [1.82, 2.24) is 4.57 Å². The molecule has 4 aromatic carbocycles. The lowest BCUT2D eigenvalue weighted by atomic mass is 10.0. The van der Waals surface area contributed by atoms with E-state index in [0.717, 1.165) is 32.1 Å². The molecule has 164 valence electrons. The van der Waals surface area contributed by atoms with E-state index in [4.69, 9.17) is 4.42 Å². The molecular formula is C31H22BrNO. The normalized spacial score (nSPS) is 12.6. The maximum absolute atomic E-state index is 6.07. The molecule has 6 aromatic rings. The average Bonchev–Trinajstić information content (AvgIpc) is 3.39. The summed E-state index contributed by atoms with van der Waals surface area (Å²) in [5.74, 6) is 0. The molecule has 6 rings (SSSR count). The van der Waals surface area contributed by atoms with Crippen molar-refractivity contribution < 1.29 is 4.42 Å². The molecule has 3 heteroatoms. The molecule has 0 N–H and O–H groups in total. The lowest BCUT2D eigenvalue weighted by Gasteiger charge is -2.08. The first-order chi connectivity index (χ1) is 16.7. The van der Waals surface area contributed by atoms with Gasteiger partial charge in [0.25, 0.3) is 0 Å². The van der Waals surface area contributed by atoms with Gasteiger partial charge in [0, 0.05) is 31.7 Å². The summed E-state index contributed by atoms with van der Waals surface area (Å²) in [6.45, 7) is 5.91. The second-order valence-corrected chi connectivity index (χ2v) is 9.29. The first-order valence-electron chi connectivity index (χ1n) is 11.3. The van der Waals surface area contributed by atoms with Crippen LogP contribution in [0.15, 0.2) is 119 Å². The van der Waals surface area contributed by atoms with Crippen molar-refractivity contribution in [3.05, 3.63) is 114 Å². The van der Waals surface area contributed by atoms with Gasteiger partial charge in [-0.2, -0.15) is 0 Å². The maximum atomic E-state index is 6.07. The molecule has 2 nitrogen and oxygen atoms in total. The second kappa shape index (κ2) is 8.19. The Kier molecular flexibility index (Phi) is 5.00. The topological polar surface area (TPSA) is 18.1 Å². The molecule has 34 heavy (non-hydrogen) atoms. The third kappa shape index (κ3) is 3.24. The smallest absolute Gasteiger partial charge is 0.136 e. The van der Waals surface area contributed by atoms with Gasteiger partial charge >= 0.3 is 0 Å². The minimum atomic E-state index is 0.896. The van der Waals surface area contributed by atoms with Crippen molar-refractivity contribution in [3.63, 3.8) is 0 Å². The van der Waals surface area contributed by atoms with Gasteiger partial charge in [0.1, 0.15) is 11.2 Å². The van der Waals surface area contributed by atoms with Crippen LogP contribution in [0.5, 0.6) is 0 Å². The van der Waals surface area contributed by atoms with Crippen molar-refractivity contribution in [2.45, 2.75) is 6.92 Å². The van der Waals surface area contributed by atoms with Crippen LogP contribution in [0.4, 0.5) is 0 Å². The van der Waals surface area contributed by atoms with Crippen molar-refractivity contribution >= 4 is 65.4 Å². The summed E-state index contributed by atoms with van der Waals surface area (Å²) in [6, 6.07) is 27.9. The summed E-state index contributed by atoms with van der Waals surface area (Å²) in [5.41, 5.74) is 7.72. The Morgan fingerprint density at radius 1 is 0.794 bits per heavy atom. The average molecular weight is 504 g/mol. The Labute approximate surface area is 206 Å². The van der Waals surface area contributed by atoms with Gasteiger partial charge in [0.15, 0.2) is 0 Å². The number of furan rings is 1. The molecule has 0 spiro atoms. The zero-order valence-electron chi connectivity index (χ0n) is 18.8. The number of nitrogens with zero attached hydrogens (tertiary/aromatic N) is 1. The van der Waals surface area contributed by atoms with Gasteiger partial charge in [0.05, 0.1) is 11.0 Å². The molecule has 0 atom stereocenters. The number of rotatable bonds is 4.